The molecule has 1 saturated carbocycles. The van der Waals surface area contributed by atoms with Gasteiger partial charge in [-0.25, -0.2) is 4.79 Å². The second-order valence-electron chi connectivity index (χ2n) is 4.18. The molecule has 0 spiro atoms. The fourth-order valence-corrected chi connectivity index (χ4v) is 1.96. The zero-order chi connectivity index (χ0) is 9.10. The van der Waals surface area contributed by atoms with Gasteiger partial charge in [0.25, 0.3) is 0 Å². The second-order valence-corrected chi connectivity index (χ2v) is 4.18. The molecule has 1 aliphatic carbocycles. The van der Waals surface area contributed by atoms with Gasteiger partial charge in [-0.3, -0.25) is 0 Å². The van der Waals surface area contributed by atoms with Crippen LogP contribution in [0.1, 0.15) is 32.1 Å². The highest BCUT2D eigenvalue weighted by Gasteiger charge is 2.21. The Bertz CT molecular complexity index is 183. The zero-order valence-electron chi connectivity index (χ0n) is 8.09. The van der Waals surface area contributed by atoms with E-state index in [4.69, 9.17) is 0 Å². The van der Waals surface area contributed by atoms with Crippen LogP contribution in [0.15, 0.2) is 0 Å². The van der Waals surface area contributed by atoms with E-state index in [1.807, 2.05) is 4.90 Å². The van der Waals surface area contributed by atoms with E-state index in [9.17, 15) is 4.79 Å². The Morgan fingerprint density at radius 3 is 2.46 bits per heavy atom. The molecule has 0 aromatic heterocycles. The maximum absolute atomic E-state index is 11.5. The van der Waals surface area contributed by atoms with E-state index >= 15 is 0 Å². The monoisotopic (exact) mass is 182 g/mol. The van der Waals surface area contributed by atoms with Gasteiger partial charge in [-0.05, 0) is 31.6 Å². The molecule has 13 heavy (non-hydrogen) atoms. The number of amides is 2. The second kappa shape index (κ2) is 3.99. The van der Waals surface area contributed by atoms with Crippen LogP contribution in [0.2, 0.25) is 0 Å². The molecular weight excluding hydrogens is 164 g/mol. The predicted octanol–water partition coefficient (Wildman–Crippen LogP) is 1.59. The van der Waals surface area contributed by atoms with Gasteiger partial charge in [0, 0.05) is 19.6 Å². The lowest BCUT2D eigenvalue weighted by atomic mass is 9.85. The maximum atomic E-state index is 11.5. The molecule has 2 fully saturated rings. The summed E-state index contributed by atoms with van der Waals surface area (Å²) in [5, 5.41) is 3.01. The summed E-state index contributed by atoms with van der Waals surface area (Å²) in [7, 11) is 0. The van der Waals surface area contributed by atoms with Crippen LogP contribution in [0.5, 0.6) is 0 Å². The van der Waals surface area contributed by atoms with Gasteiger partial charge < -0.3 is 10.2 Å². The Kier molecular flexibility index (Phi) is 2.71. The van der Waals surface area contributed by atoms with Gasteiger partial charge in [0.2, 0.25) is 0 Å². The van der Waals surface area contributed by atoms with E-state index < -0.39 is 0 Å². The molecule has 0 bridgehead atoms. The SMILES string of the molecule is O=C(NCC1CCC1)N1CCCC1. The molecule has 74 valence electrons. The summed E-state index contributed by atoms with van der Waals surface area (Å²) >= 11 is 0. The van der Waals surface area contributed by atoms with Crippen molar-refractivity contribution in [3.63, 3.8) is 0 Å². The van der Waals surface area contributed by atoms with Crippen LogP contribution in [-0.4, -0.2) is 30.6 Å². The molecule has 3 nitrogen and oxygen atoms in total. The molecule has 0 unspecified atom stereocenters. The molecule has 2 rings (SSSR count). The first-order valence-corrected chi connectivity index (χ1v) is 5.39. The summed E-state index contributed by atoms with van der Waals surface area (Å²) in [5.41, 5.74) is 0. The Balaban J connectivity index is 1.65. The minimum absolute atomic E-state index is 0.157. The minimum Gasteiger partial charge on any atom is -0.338 e. The van der Waals surface area contributed by atoms with Gasteiger partial charge >= 0.3 is 6.03 Å². The molecule has 1 aliphatic heterocycles. The van der Waals surface area contributed by atoms with E-state index in [1.54, 1.807) is 0 Å². The fraction of sp³-hybridized carbons (Fsp3) is 0.900. The Labute approximate surface area is 79.5 Å². The van der Waals surface area contributed by atoms with Crippen molar-refractivity contribution in [1.29, 1.82) is 0 Å². The number of urea groups is 1. The maximum Gasteiger partial charge on any atom is 0.317 e. The van der Waals surface area contributed by atoms with E-state index in [2.05, 4.69) is 5.32 Å². The third-order valence-electron chi connectivity index (χ3n) is 3.16. The number of carbonyl (C=O) groups excluding carboxylic acids is 1. The number of rotatable bonds is 2. The lowest BCUT2D eigenvalue weighted by molar-refractivity contribution is 0.202. The van der Waals surface area contributed by atoms with Crippen molar-refractivity contribution in [2.24, 2.45) is 5.92 Å². The van der Waals surface area contributed by atoms with E-state index in [-0.39, 0.29) is 6.03 Å². The first-order chi connectivity index (χ1) is 6.36. The van der Waals surface area contributed by atoms with Crippen molar-refractivity contribution in [1.82, 2.24) is 10.2 Å². The normalized spacial score (nSPS) is 22.9. The highest BCUT2D eigenvalue weighted by atomic mass is 16.2. The fourth-order valence-electron chi connectivity index (χ4n) is 1.96. The quantitative estimate of drug-likeness (QED) is 0.691. The number of likely N-dealkylation sites (tertiary alicyclic amines) is 1. The van der Waals surface area contributed by atoms with Crippen LogP contribution < -0.4 is 5.32 Å². The Morgan fingerprint density at radius 2 is 1.92 bits per heavy atom. The van der Waals surface area contributed by atoms with Gasteiger partial charge in [0.15, 0.2) is 0 Å². The minimum atomic E-state index is 0.157. The summed E-state index contributed by atoms with van der Waals surface area (Å²) in [6.45, 7) is 2.81. The number of nitrogens with zero attached hydrogens (tertiary/aromatic N) is 1. The van der Waals surface area contributed by atoms with Crippen LogP contribution in [0, 0.1) is 5.92 Å². The highest BCUT2D eigenvalue weighted by molar-refractivity contribution is 5.74. The van der Waals surface area contributed by atoms with Crippen molar-refractivity contribution in [3.8, 4) is 0 Å². The number of hydrogen-bond donors (Lipinski definition) is 1. The predicted molar refractivity (Wildman–Crippen MR) is 51.5 cm³/mol. The molecule has 0 aromatic rings. The van der Waals surface area contributed by atoms with Crippen molar-refractivity contribution in [2.45, 2.75) is 32.1 Å². The van der Waals surface area contributed by atoms with Gasteiger partial charge in [-0.1, -0.05) is 6.42 Å². The lowest BCUT2D eigenvalue weighted by Gasteiger charge is -2.26. The summed E-state index contributed by atoms with van der Waals surface area (Å²) < 4.78 is 0. The van der Waals surface area contributed by atoms with Crippen molar-refractivity contribution in [3.05, 3.63) is 0 Å². The van der Waals surface area contributed by atoms with Gasteiger partial charge in [-0.2, -0.15) is 0 Å². The van der Waals surface area contributed by atoms with Crippen LogP contribution in [0.25, 0.3) is 0 Å². The van der Waals surface area contributed by atoms with Crippen molar-refractivity contribution >= 4 is 6.03 Å². The van der Waals surface area contributed by atoms with Crippen LogP contribution in [0.3, 0.4) is 0 Å². The molecule has 1 saturated heterocycles. The largest absolute Gasteiger partial charge is 0.338 e. The van der Waals surface area contributed by atoms with E-state index in [0.717, 1.165) is 25.6 Å². The molecule has 3 heteroatoms. The topological polar surface area (TPSA) is 32.3 Å². The van der Waals surface area contributed by atoms with E-state index in [0.29, 0.717) is 0 Å². The third kappa shape index (κ3) is 2.14. The summed E-state index contributed by atoms with van der Waals surface area (Å²) in [4.78, 5) is 13.4. The van der Waals surface area contributed by atoms with Gasteiger partial charge in [0.1, 0.15) is 0 Å². The standard InChI is InChI=1S/C10H18N2O/c13-10(12-6-1-2-7-12)11-8-9-4-3-5-9/h9H,1-8H2,(H,11,13). The summed E-state index contributed by atoms with van der Waals surface area (Å²) in [6, 6.07) is 0.157. The van der Waals surface area contributed by atoms with Crippen LogP contribution in [-0.2, 0) is 0 Å². The summed E-state index contributed by atoms with van der Waals surface area (Å²) in [6.07, 6.45) is 6.32. The molecule has 0 atom stereocenters. The smallest absolute Gasteiger partial charge is 0.317 e. The van der Waals surface area contributed by atoms with Crippen molar-refractivity contribution in [2.75, 3.05) is 19.6 Å². The molecule has 1 N–H and O–H groups in total. The van der Waals surface area contributed by atoms with Gasteiger partial charge in [0.05, 0.1) is 0 Å². The first kappa shape index (κ1) is 8.85. The third-order valence-corrected chi connectivity index (χ3v) is 3.16. The summed E-state index contributed by atoms with van der Waals surface area (Å²) in [5.74, 6) is 0.770. The highest BCUT2D eigenvalue weighted by Crippen LogP contribution is 2.25. The first-order valence-electron chi connectivity index (χ1n) is 5.39. The average Bonchev–Trinajstić information content (AvgIpc) is 2.52. The van der Waals surface area contributed by atoms with Crippen LogP contribution in [0.4, 0.5) is 4.79 Å². The van der Waals surface area contributed by atoms with Gasteiger partial charge in [-0.15, -0.1) is 0 Å². The molecule has 2 aliphatic rings. The average molecular weight is 182 g/mol. The Morgan fingerprint density at radius 1 is 1.23 bits per heavy atom. The molecule has 2 amide bonds. The lowest BCUT2D eigenvalue weighted by Crippen LogP contribution is -2.41. The molecular formula is C10H18N2O. The molecule has 1 heterocycles. The number of nitrogens with one attached hydrogen (secondary N) is 1. The molecule has 0 aromatic carbocycles. The number of hydrogen-bond acceptors (Lipinski definition) is 1. The van der Waals surface area contributed by atoms with Crippen LogP contribution >= 0.6 is 0 Å². The Hall–Kier alpha value is -0.730. The van der Waals surface area contributed by atoms with E-state index in [1.165, 1.54) is 32.1 Å². The van der Waals surface area contributed by atoms with Crippen molar-refractivity contribution < 1.29 is 4.79 Å². The number of carbonyl (C=O) groups is 1. The molecule has 0 radical (unpaired) electrons. The zero-order valence-corrected chi connectivity index (χ0v) is 8.09.